The summed E-state index contributed by atoms with van der Waals surface area (Å²) in [6.07, 6.45) is 8.16. The first-order chi connectivity index (χ1) is 5.55. The van der Waals surface area contributed by atoms with Crippen LogP contribution in [0.1, 0.15) is 33.1 Å². The minimum atomic E-state index is -0.296. The van der Waals surface area contributed by atoms with Crippen molar-refractivity contribution in [1.29, 1.82) is 0 Å². The molecular formula is C10H17NO. The van der Waals surface area contributed by atoms with Gasteiger partial charge >= 0.3 is 0 Å². The van der Waals surface area contributed by atoms with Crippen molar-refractivity contribution in [1.82, 2.24) is 5.32 Å². The van der Waals surface area contributed by atoms with E-state index in [0.717, 1.165) is 19.3 Å². The first kappa shape index (κ1) is 9.57. The molecule has 1 aliphatic rings. The van der Waals surface area contributed by atoms with E-state index in [9.17, 15) is 5.11 Å². The van der Waals surface area contributed by atoms with E-state index < -0.39 is 0 Å². The van der Waals surface area contributed by atoms with Crippen molar-refractivity contribution in [2.45, 2.75) is 50.8 Å². The van der Waals surface area contributed by atoms with Gasteiger partial charge in [0.05, 0.1) is 11.6 Å². The summed E-state index contributed by atoms with van der Waals surface area (Å²) in [7, 11) is 0. The monoisotopic (exact) mass is 167 g/mol. The van der Waals surface area contributed by atoms with Crippen LogP contribution in [-0.2, 0) is 0 Å². The van der Waals surface area contributed by atoms with Crippen molar-refractivity contribution in [3.05, 3.63) is 0 Å². The van der Waals surface area contributed by atoms with Crippen molar-refractivity contribution in [2.24, 2.45) is 0 Å². The summed E-state index contributed by atoms with van der Waals surface area (Å²) in [6, 6.07) is 0.191. The molecule has 0 amide bonds. The fraction of sp³-hybridized carbons (Fsp3) is 0.800. The van der Waals surface area contributed by atoms with Crippen LogP contribution >= 0.6 is 0 Å². The molecule has 0 heterocycles. The van der Waals surface area contributed by atoms with Gasteiger partial charge in [-0.25, -0.2) is 0 Å². The summed E-state index contributed by atoms with van der Waals surface area (Å²) in [6.45, 7) is 3.91. The van der Waals surface area contributed by atoms with Crippen LogP contribution in [0.25, 0.3) is 0 Å². The van der Waals surface area contributed by atoms with Gasteiger partial charge in [0.1, 0.15) is 0 Å². The van der Waals surface area contributed by atoms with Gasteiger partial charge in [0.2, 0.25) is 0 Å². The standard InChI is InChI=1S/C10H17NO/c1-4-10(2,3)11-8-6-5-7-9(8)12/h1,8-9,11-12H,5-7H2,2-3H3/t8-,9-/m0/s1. The summed E-state index contributed by atoms with van der Waals surface area (Å²) in [5, 5.41) is 12.8. The lowest BCUT2D eigenvalue weighted by molar-refractivity contribution is 0.139. The molecule has 0 saturated heterocycles. The smallest absolute Gasteiger partial charge is 0.0744 e. The third-order valence-corrected chi connectivity index (χ3v) is 2.39. The van der Waals surface area contributed by atoms with Crippen LogP contribution < -0.4 is 5.32 Å². The van der Waals surface area contributed by atoms with Crippen molar-refractivity contribution >= 4 is 0 Å². The second kappa shape index (κ2) is 3.47. The quantitative estimate of drug-likeness (QED) is 0.599. The van der Waals surface area contributed by atoms with Crippen molar-refractivity contribution in [2.75, 3.05) is 0 Å². The third kappa shape index (κ3) is 2.23. The second-order valence-corrected chi connectivity index (χ2v) is 4.02. The highest BCUT2D eigenvalue weighted by molar-refractivity contribution is 5.09. The first-order valence-corrected chi connectivity index (χ1v) is 4.49. The Hall–Kier alpha value is -0.520. The second-order valence-electron chi connectivity index (χ2n) is 4.02. The van der Waals surface area contributed by atoms with Gasteiger partial charge in [-0.3, -0.25) is 5.32 Å². The van der Waals surface area contributed by atoms with Crippen LogP contribution in [0, 0.1) is 12.3 Å². The Balaban J connectivity index is 2.46. The molecule has 1 fully saturated rings. The van der Waals surface area contributed by atoms with E-state index >= 15 is 0 Å². The zero-order chi connectivity index (χ0) is 9.19. The summed E-state index contributed by atoms with van der Waals surface area (Å²) in [5.74, 6) is 2.67. The van der Waals surface area contributed by atoms with Crippen LogP contribution in [0.5, 0.6) is 0 Å². The Bertz CT molecular complexity index is 193. The van der Waals surface area contributed by atoms with E-state index in [2.05, 4.69) is 11.2 Å². The van der Waals surface area contributed by atoms with E-state index in [4.69, 9.17) is 6.42 Å². The van der Waals surface area contributed by atoms with E-state index in [1.54, 1.807) is 0 Å². The van der Waals surface area contributed by atoms with E-state index in [1.807, 2.05) is 13.8 Å². The molecule has 0 aromatic carbocycles. The van der Waals surface area contributed by atoms with Gasteiger partial charge in [0, 0.05) is 6.04 Å². The molecule has 0 unspecified atom stereocenters. The molecule has 1 rings (SSSR count). The predicted molar refractivity (Wildman–Crippen MR) is 49.7 cm³/mol. The van der Waals surface area contributed by atoms with Gasteiger partial charge in [0.25, 0.3) is 0 Å². The van der Waals surface area contributed by atoms with Crippen LogP contribution in [0.3, 0.4) is 0 Å². The number of hydrogen-bond donors (Lipinski definition) is 2. The topological polar surface area (TPSA) is 32.3 Å². The average Bonchev–Trinajstić information content (AvgIpc) is 2.36. The number of terminal acetylenes is 1. The lowest BCUT2D eigenvalue weighted by atomic mass is 10.0. The molecule has 2 N–H and O–H groups in total. The third-order valence-electron chi connectivity index (χ3n) is 2.39. The highest BCUT2D eigenvalue weighted by Crippen LogP contribution is 2.20. The van der Waals surface area contributed by atoms with Crippen LogP contribution in [0.2, 0.25) is 0 Å². The Morgan fingerprint density at radius 1 is 1.50 bits per heavy atom. The van der Waals surface area contributed by atoms with Crippen molar-refractivity contribution in [3.8, 4) is 12.3 Å². The van der Waals surface area contributed by atoms with Gasteiger partial charge in [0.15, 0.2) is 0 Å². The number of aliphatic hydroxyl groups excluding tert-OH is 1. The van der Waals surface area contributed by atoms with Gasteiger partial charge < -0.3 is 5.11 Å². The number of hydrogen-bond acceptors (Lipinski definition) is 2. The molecule has 2 nitrogen and oxygen atoms in total. The molecule has 0 spiro atoms. The number of rotatable bonds is 2. The summed E-state index contributed by atoms with van der Waals surface area (Å²) >= 11 is 0. The zero-order valence-electron chi connectivity index (χ0n) is 7.80. The Kier molecular flexibility index (Phi) is 2.76. The maximum atomic E-state index is 9.52. The van der Waals surface area contributed by atoms with Gasteiger partial charge in [-0.1, -0.05) is 5.92 Å². The van der Waals surface area contributed by atoms with Crippen molar-refractivity contribution < 1.29 is 5.11 Å². The number of aliphatic hydroxyl groups is 1. The molecule has 2 atom stereocenters. The molecule has 1 aliphatic carbocycles. The molecule has 12 heavy (non-hydrogen) atoms. The largest absolute Gasteiger partial charge is 0.392 e. The van der Waals surface area contributed by atoms with Crippen LogP contribution in [0.15, 0.2) is 0 Å². The molecule has 0 radical (unpaired) electrons. The molecule has 0 aromatic rings. The van der Waals surface area contributed by atoms with Gasteiger partial charge in [-0.05, 0) is 33.1 Å². The minimum absolute atomic E-state index is 0.191. The molecule has 0 aliphatic heterocycles. The lowest BCUT2D eigenvalue weighted by Crippen LogP contribution is -2.48. The average molecular weight is 167 g/mol. The Morgan fingerprint density at radius 3 is 2.58 bits per heavy atom. The highest BCUT2D eigenvalue weighted by atomic mass is 16.3. The highest BCUT2D eigenvalue weighted by Gasteiger charge is 2.29. The maximum Gasteiger partial charge on any atom is 0.0744 e. The minimum Gasteiger partial charge on any atom is -0.392 e. The van der Waals surface area contributed by atoms with E-state index in [1.165, 1.54) is 0 Å². The maximum absolute atomic E-state index is 9.52. The fourth-order valence-corrected chi connectivity index (χ4v) is 1.61. The van der Waals surface area contributed by atoms with E-state index in [-0.39, 0.29) is 17.7 Å². The predicted octanol–water partition coefficient (Wildman–Crippen LogP) is 0.901. The van der Waals surface area contributed by atoms with Gasteiger partial charge in [-0.2, -0.15) is 0 Å². The molecule has 0 aromatic heterocycles. The molecular weight excluding hydrogens is 150 g/mol. The first-order valence-electron chi connectivity index (χ1n) is 4.49. The lowest BCUT2D eigenvalue weighted by Gasteiger charge is -2.26. The summed E-state index contributed by atoms with van der Waals surface area (Å²) in [5.41, 5.74) is -0.296. The SMILES string of the molecule is C#CC(C)(C)N[C@H]1CCC[C@@H]1O. The Morgan fingerprint density at radius 2 is 2.17 bits per heavy atom. The molecule has 68 valence electrons. The van der Waals surface area contributed by atoms with Crippen LogP contribution in [-0.4, -0.2) is 22.8 Å². The van der Waals surface area contributed by atoms with Crippen molar-refractivity contribution in [3.63, 3.8) is 0 Å². The van der Waals surface area contributed by atoms with E-state index in [0.29, 0.717) is 0 Å². The van der Waals surface area contributed by atoms with Crippen LogP contribution in [0.4, 0.5) is 0 Å². The Labute approximate surface area is 74.4 Å². The number of nitrogens with one attached hydrogen (secondary N) is 1. The zero-order valence-corrected chi connectivity index (χ0v) is 7.80. The molecule has 0 bridgehead atoms. The normalized spacial score (nSPS) is 30.2. The van der Waals surface area contributed by atoms with Gasteiger partial charge in [-0.15, -0.1) is 6.42 Å². The molecule has 1 saturated carbocycles. The summed E-state index contributed by atoms with van der Waals surface area (Å²) in [4.78, 5) is 0. The summed E-state index contributed by atoms with van der Waals surface area (Å²) < 4.78 is 0. The molecule has 2 heteroatoms. The fourth-order valence-electron chi connectivity index (χ4n) is 1.61.